The number of nitrogens with zero attached hydrogens (tertiary/aromatic N) is 4. The highest BCUT2D eigenvalue weighted by Gasteiger charge is 2.17. The Morgan fingerprint density at radius 3 is 1.00 bits per heavy atom. The van der Waals surface area contributed by atoms with Crippen molar-refractivity contribution >= 4 is 59.5 Å². The highest BCUT2D eigenvalue weighted by molar-refractivity contribution is 9.10. The molecular formula is C55H69BrN8O4. The first-order chi connectivity index (χ1) is 31.4. The monoisotopic (exact) mass is 984 g/mol. The summed E-state index contributed by atoms with van der Waals surface area (Å²) in [7, 11) is 0. The Kier molecular flexibility index (Phi) is 16.4. The summed E-state index contributed by atoms with van der Waals surface area (Å²) >= 11 is 3.35. The van der Waals surface area contributed by atoms with Gasteiger partial charge in [0.1, 0.15) is 23.3 Å². The van der Waals surface area contributed by atoms with Gasteiger partial charge in [-0.05, 0) is 103 Å². The molecule has 0 amide bonds. The van der Waals surface area contributed by atoms with Crippen molar-refractivity contribution in [3.63, 3.8) is 0 Å². The maximum atomic E-state index is 11.9. The van der Waals surface area contributed by atoms with Gasteiger partial charge in [0.15, 0.2) is 0 Å². The molecule has 0 radical (unpaired) electrons. The zero-order valence-electron chi connectivity index (χ0n) is 42.6. The second kappa shape index (κ2) is 21.1. The summed E-state index contributed by atoms with van der Waals surface area (Å²) in [4.78, 5) is 77.2. The molecular weight excluding hydrogens is 917 g/mol. The Hall–Kier alpha value is -6.08. The lowest BCUT2D eigenvalue weighted by molar-refractivity contribution is 0.400. The maximum absolute atomic E-state index is 11.9. The number of halogens is 1. The number of nitrogens with one attached hydrogen (secondary N) is 4. The standard InChI is InChI=1S/3C14H18N2O.C13H15BrN2O/c2*1-9-5-6-11-10(7-9)13(17)16-12(15-11)8-14(2,3)4;1-9-5-6-10-11(7-9)15-12(16-13(10)17)8-14(2,3)4;1-13(2,3)7-11-15-10-5-4-8(14)6-9(10)12(17)16-11/h3*5-7H,8H2,1-4H3,(H,15,16,17);4-6H,7H2,1-3H3,(H,15,16,17). The van der Waals surface area contributed by atoms with Crippen molar-refractivity contribution < 1.29 is 0 Å². The zero-order valence-corrected chi connectivity index (χ0v) is 44.1. The van der Waals surface area contributed by atoms with Crippen molar-refractivity contribution in [2.24, 2.45) is 21.7 Å². The normalized spacial score (nSPS) is 12.0. The van der Waals surface area contributed by atoms with Crippen LogP contribution in [0.15, 0.2) is 96.4 Å². The summed E-state index contributed by atoms with van der Waals surface area (Å²) in [6.45, 7) is 31.5. The molecule has 0 aliphatic rings. The molecule has 0 aliphatic heterocycles. The highest BCUT2D eigenvalue weighted by atomic mass is 79.9. The average molecular weight is 986 g/mol. The highest BCUT2D eigenvalue weighted by Crippen LogP contribution is 2.23. The van der Waals surface area contributed by atoms with Crippen molar-refractivity contribution in [3.8, 4) is 0 Å². The van der Waals surface area contributed by atoms with Crippen LogP contribution in [0.3, 0.4) is 0 Å². The van der Waals surface area contributed by atoms with Crippen LogP contribution in [0.25, 0.3) is 43.6 Å². The number of hydrogen-bond acceptors (Lipinski definition) is 8. The minimum Gasteiger partial charge on any atom is -0.310 e. The third-order valence-corrected chi connectivity index (χ3v) is 10.7. The number of benzene rings is 4. The molecule has 360 valence electrons. The molecule has 8 aromatic rings. The van der Waals surface area contributed by atoms with Crippen LogP contribution in [0.1, 0.15) is 123 Å². The van der Waals surface area contributed by atoms with E-state index in [1.165, 1.54) is 0 Å². The molecule has 0 aliphatic carbocycles. The second-order valence-corrected chi connectivity index (χ2v) is 23.6. The Morgan fingerprint density at radius 1 is 0.368 bits per heavy atom. The predicted octanol–water partition coefficient (Wildman–Crippen LogP) is 11.7. The lowest BCUT2D eigenvalue weighted by Crippen LogP contribution is -2.17. The van der Waals surface area contributed by atoms with Gasteiger partial charge in [0.25, 0.3) is 22.2 Å². The van der Waals surface area contributed by atoms with E-state index in [0.29, 0.717) is 21.5 Å². The van der Waals surface area contributed by atoms with Crippen LogP contribution in [0.4, 0.5) is 0 Å². The van der Waals surface area contributed by atoms with Gasteiger partial charge in [0, 0.05) is 30.2 Å². The molecule has 0 bridgehead atoms. The molecule has 4 aromatic heterocycles. The van der Waals surface area contributed by atoms with Crippen molar-refractivity contribution in [1.82, 2.24) is 39.9 Å². The molecule has 4 heterocycles. The van der Waals surface area contributed by atoms with E-state index in [2.05, 4.69) is 139 Å². The minimum atomic E-state index is -0.0736. The summed E-state index contributed by atoms with van der Waals surface area (Å²) in [6.07, 6.45) is 3.07. The van der Waals surface area contributed by atoms with E-state index in [-0.39, 0.29) is 43.9 Å². The fourth-order valence-electron chi connectivity index (χ4n) is 7.40. The molecule has 8 rings (SSSR count). The van der Waals surface area contributed by atoms with Crippen molar-refractivity contribution in [1.29, 1.82) is 0 Å². The van der Waals surface area contributed by atoms with Crippen LogP contribution >= 0.6 is 15.9 Å². The smallest absolute Gasteiger partial charge is 0.258 e. The second-order valence-electron chi connectivity index (χ2n) is 22.7. The number of rotatable bonds is 4. The van der Waals surface area contributed by atoms with Crippen LogP contribution < -0.4 is 22.2 Å². The number of fused-ring (bicyclic) bond motifs is 4. The summed E-state index contributed by atoms with van der Waals surface area (Å²) < 4.78 is 0.890. The van der Waals surface area contributed by atoms with E-state index in [4.69, 9.17) is 0 Å². The molecule has 13 heteroatoms. The number of H-pyrrole nitrogens is 4. The molecule has 4 N–H and O–H groups in total. The van der Waals surface area contributed by atoms with Crippen LogP contribution in [0.2, 0.25) is 0 Å². The first-order valence-corrected chi connectivity index (χ1v) is 23.9. The van der Waals surface area contributed by atoms with Gasteiger partial charge in [-0.3, -0.25) is 19.2 Å². The summed E-state index contributed by atoms with van der Waals surface area (Å²) in [6, 6.07) is 22.8. The molecule has 68 heavy (non-hydrogen) atoms. The Labute approximate surface area is 407 Å². The van der Waals surface area contributed by atoms with Crippen molar-refractivity contribution in [2.75, 3.05) is 0 Å². The molecule has 12 nitrogen and oxygen atoms in total. The quantitative estimate of drug-likeness (QED) is 0.134. The molecule has 0 saturated heterocycles. The fourth-order valence-corrected chi connectivity index (χ4v) is 7.76. The van der Waals surface area contributed by atoms with Crippen LogP contribution in [-0.4, -0.2) is 39.9 Å². The third-order valence-electron chi connectivity index (χ3n) is 10.2. The molecule has 0 fully saturated rings. The lowest BCUT2D eigenvalue weighted by atomic mass is 9.92. The largest absolute Gasteiger partial charge is 0.310 e. The molecule has 4 aromatic carbocycles. The van der Waals surface area contributed by atoms with E-state index < -0.39 is 0 Å². The van der Waals surface area contributed by atoms with Gasteiger partial charge in [0.2, 0.25) is 0 Å². The van der Waals surface area contributed by atoms with Gasteiger partial charge >= 0.3 is 0 Å². The third kappa shape index (κ3) is 16.0. The lowest BCUT2D eigenvalue weighted by Gasteiger charge is -2.17. The SMILES string of the molecule is CC(C)(C)Cc1nc2ccc(Br)cc2c(=O)[nH]1.Cc1ccc2c(=O)[nH]c(CC(C)(C)C)nc2c1.Cc1ccc2nc(CC(C)(C)C)[nH]c(=O)c2c1.Cc1ccc2nc(CC(C)(C)C)[nH]c(=O)c2c1. The van der Waals surface area contributed by atoms with Gasteiger partial charge in [0.05, 0.1) is 43.6 Å². The van der Waals surface area contributed by atoms with E-state index in [0.717, 1.165) is 92.2 Å². The zero-order chi connectivity index (χ0) is 50.5. The van der Waals surface area contributed by atoms with Gasteiger partial charge < -0.3 is 19.9 Å². The van der Waals surface area contributed by atoms with Crippen LogP contribution in [0.5, 0.6) is 0 Å². The van der Waals surface area contributed by atoms with Gasteiger partial charge in [-0.2, -0.15) is 0 Å². The molecule has 0 saturated carbocycles. The van der Waals surface area contributed by atoms with Gasteiger partial charge in [-0.1, -0.05) is 128 Å². The molecule has 0 unspecified atom stereocenters. The summed E-state index contributed by atoms with van der Waals surface area (Å²) in [5, 5.41) is 2.62. The predicted molar refractivity (Wildman–Crippen MR) is 284 cm³/mol. The van der Waals surface area contributed by atoms with E-state index in [9.17, 15) is 19.2 Å². The number of aromatic nitrogens is 8. The Morgan fingerprint density at radius 2 is 0.647 bits per heavy atom. The molecule has 0 spiro atoms. The van der Waals surface area contributed by atoms with Crippen LogP contribution in [0, 0.1) is 42.4 Å². The molecule has 0 atom stereocenters. The van der Waals surface area contributed by atoms with E-state index >= 15 is 0 Å². The Balaban J connectivity index is 0.000000169. The van der Waals surface area contributed by atoms with Crippen molar-refractivity contribution in [2.45, 2.75) is 130 Å². The summed E-state index contributed by atoms with van der Waals surface area (Å²) in [5.74, 6) is 3.04. The number of hydrogen-bond donors (Lipinski definition) is 4. The van der Waals surface area contributed by atoms with E-state index in [1.807, 2.05) is 87.5 Å². The van der Waals surface area contributed by atoms with Crippen LogP contribution in [-0.2, 0) is 25.7 Å². The first kappa shape index (κ1) is 52.9. The van der Waals surface area contributed by atoms with Crippen molar-refractivity contribution in [3.05, 3.63) is 159 Å². The number of aromatic amines is 4. The summed E-state index contributed by atoms with van der Waals surface area (Å²) in [5.41, 5.74) is 6.62. The first-order valence-electron chi connectivity index (χ1n) is 23.1. The minimum absolute atomic E-state index is 0.0436. The average Bonchev–Trinajstić information content (AvgIpc) is 3.17. The van der Waals surface area contributed by atoms with Gasteiger partial charge in [-0.15, -0.1) is 0 Å². The fraction of sp³-hybridized carbons (Fsp3) is 0.418. The number of aryl methyl sites for hydroxylation is 3. The topological polar surface area (TPSA) is 183 Å². The maximum Gasteiger partial charge on any atom is 0.258 e. The van der Waals surface area contributed by atoms with Gasteiger partial charge in [-0.25, -0.2) is 19.9 Å². The van der Waals surface area contributed by atoms with E-state index in [1.54, 1.807) is 6.07 Å². The Bertz CT molecular complexity index is 3060.